The van der Waals surface area contributed by atoms with Crippen LogP contribution in [0.15, 0.2) is 59.3 Å². The molecule has 4 aromatic rings. The van der Waals surface area contributed by atoms with E-state index in [2.05, 4.69) is 10.3 Å². The number of carbonyl (C=O) groups excluding carboxylic acids is 2. The van der Waals surface area contributed by atoms with Gasteiger partial charge in [-0.05, 0) is 42.8 Å². The van der Waals surface area contributed by atoms with E-state index in [1.54, 1.807) is 13.2 Å². The van der Waals surface area contributed by atoms with Crippen molar-refractivity contribution in [3.63, 3.8) is 0 Å². The first kappa shape index (κ1) is 19.7. The Labute approximate surface area is 177 Å². The van der Waals surface area contributed by atoms with E-state index in [1.165, 1.54) is 12.5 Å². The van der Waals surface area contributed by atoms with E-state index in [0.717, 1.165) is 11.1 Å². The van der Waals surface area contributed by atoms with Crippen LogP contribution in [0, 0.1) is 6.92 Å². The molecule has 152 valence electrons. The van der Waals surface area contributed by atoms with E-state index in [9.17, 15) is 9.59 Å². The van der Waals surface area contributed by atoms with Gasteiger partial charge >= 0.3 is 6.01 Å². The lowest BCUT2D eigenvalue weighted by Crippen LogP contribution is -2.23. The quantitative estimate of drug-likeness (QED) is 0.365. The number of nitrogens with one attached hydrogen (secondary N) is 1. The summed E-state index contributed by atoms with van der Waals surface area (Å²) >= 11 is 5.99. The number of ether oxygens (including phenoxy) is 1. The molecule has 2 aromatic heterocycles. The second kappa shape index (κ2) is 8.04. The molecule has 0 aliphatic heterocycles. The molecule has 0 unspecified atom stereocenters. The minimum atomic E-state index is -0.825. The number of methoxy groups -OCH3 is 1. The zero-order valence-electron chi connectivity index (χ0n) is 16.3. The highest BCUT2D eigenvalue weighted by atomic mass is 35.5. The molecule has 0 aliphatic carbocycles. The Bertz CT molecular complexity index is 1230. The van der Waals surface area contributed by atoms with Crippen LogP contribution in [-0.2, 0) is 11.3 Å². The van der Waals surface area contributed by atoms with Crippen molar-refractivity contribution in [3.05, 3.63) is 76.8 Å². The minimum absolute atomic E-state index is 0.0338. The zero-order valence-corrected chi connectivity index (χ0v) is 17.1. The summed E-state index contributed by atoms with van der Waals surface area (Å²) in [6, 6.07) is 12.9. The topological polar surface area (TPSA) is 86.4 Å². The number of oxazole rings is 1. The number of anilines is 1. The molecule has 4 rings (SSSR count). The van der Waals surface area contributed by atoms with Crippen LogP contribution in [0.3, 0.4) is 0 Å². The number of hydrogen-bond acceptors (Lipinski definition) is 5. The summed E-state index contributed by atoms with van der Waals surface area (Å²) in [7, 11) is 1.55. The Hall–Kier alpha value is -3.58. The Kier molecular flexibility index (Phi) is 5.29. The van der Waals surface area contributed by atoms with E-state index in [4.69, 9.17) is 20.8 Å². The van der Waals surface area contributed by atoms with E-state index in [-0.39, 0.29) is 6.01 Å². The molecule has 1 amide bonds. The van der Waals surface area contributed by atoms with Gasteiger partial charge < -0.3 is 13.7 Å². The van der Waals surface area contributed by atoms with Crippen molar-refractivity contribution in [3.8, 4) is 5.75 Å². The maximum Gasteiger partial charge on any atom is 0.301 e. The number of rotatable bonds is 6. The van der Waals surface area contributed by atoms with Crippen LogP contribution in [0.2, 0.25) is 5.02 Å². The molecule has 8 heteroatoms. The number of ketones is 1. The summed E-state index contributed by atoms with van der Waals surface area (Å²) in [5.41, 5.74) is 2.80. The van der Waals surface area contributed by atoms with Crippen molar-refractivity contribution in [1.29, 1.82) is 0 Å². The van der Waals surface area contributed by atoms with Gasteiger partial charge in [0.15, 0.2) is 0 Å². The van der Waals surface area contributed by atoms with Gasteiger partial charge in [-0.2, -0.15) is 0 Å². The van der Waals surface area contributed by atoms with Gasteiger partial charge in [-0.3, -0.25) is 14.9 Å². The maximum absolute atomic E-state index is 13.1. The van der Waals surface area contributed by atoms with E-state index < -0.39 is 11.7 Å². The van der Waals surface area contributed by atoms with Crippen molar-refractivity contribution in [2.45, 2.75) is 13.5 Å². The van der Waals surface area contributed by atoms with Crippen LogP contribution < -0.4 is 10.1 Å². The van der Waals surface area contributed by atoms with Gasteiger partial charge in [-0.25, -0.2) is 4.98 Å². The van der Waals surface area contributed by atoms with Crippen molar-refractivity contribution in [2.24, 2.45) is 0 Å². The van der Waals surface area contributed by atoms with Gasteiger partial charge in [-0.15, -0.1) is 0 Å². The Morgan fingerprint density at radius 1 is 1.20 bits per heavy atom. The molecule has 7 nitrogen and oxygen atoms in total. The van der Waals surface area contributed by atoms with Crippen LogP contribution in [0.25, 0.3) is 10.9 Å². The minimum Gasteiger partial charge on any atom is -0.497 e. The first-order valence-corrected chi connectivity index (χ1v) is 9.52. The fourth-order valence-corrected chi connectivity index (χ4v) is 3.53. The normalized spacial score (nSPS) is 10.9. The van der Waals surface area contributed by atoms with Gasteiger partial charge in [0, 0.05) is 28.2 Å². The average Bonchev–Trinajstić information content (AvgIpc) is 3.35. The molecule has 0 aliphatic rings. The van der Waals surface area contributed by atoms with Gasteiger partial charge in [-0.1, -0.05) is 23.7 Å². The van der Waals surface area contributed by atoms with E-state index in [0.29, 0.717) is 34.0 Å². The number of benzene rings is 2. The lowest BCUT2D eigenvalue weighted by molar-refractivity contribution is -0.112. The van der Waals surface area contributed by atoms with Crippen molar-refractivity contribution < 1.29 is 18.7 Å². The van der Waals surface area contributed by atoms with Crippen LogP contribution in [-0.4, -0.2) is 28.4 Å². The molecule has 2 aromatic carbocycles. The zero-order chi connectivity index (χ0) is 21.3. The second-order valence-corrected chi connectivity index (χ2v) is 7.11. The summed E-state index contributed by atoms with van der Waals surface area (Å²) in [4.78, 5) is 29.4. The van der Waals surface area contributed by atoms with Gasteiger partial charge in [0.2, 0.25) is 0 Å². The van der Waals surface area contributed by atoms with Crippen LogP contribution in [0.5, 0.6) is 5.75 Å². The molecule has 0 atom stereocenters. The third kappa shape index (κ3) is 3.67. The summed E-state index contributed by atoms with van der Waals surface area (Å²) in [6.07, 6.45) is 2.70. The predicted octanol–water partition coefficient (Wildman–Crippen LogP) is 4.47. The van der Waals surface area contributed by atoms with Crippen LogP contribution in [0.1, 0.15) is 21.6 Å². The highest BCUT2D eigenvalue weighted by molar-refractivity contribution is 6.48. The van der Waals surface area contributed by atoms with Crippen LogP contribution in [0.4, 0.5) is 6.01 Å². The summed E-state index contributed by atoms with van der Waals surface area (Å²) < 4.78 is 12.3. The number of fused-ring (bicyclic) bond motifs is 1. The molecule has 0 bridgehead atoms. The third-order valence-corrected chi connectivity index (χ3v) is 5.12. The largest absolute Gasteiger partial charge is 0.497 e. The Balaban J connectivity index is 1.79. The van der Waals surface area contributed by atoms with E-state index in [1.807, 2.05) is 47.9 Å². The molecule has 0 fully saturated rings. The summed E-state index contributed by atoms with van der Waals surface area (Å²) in [6.45, 7) is 2.33. The second-order valence-electron chi connectivity index (χ2n) is 6.68. The van der Waals surface area contributed by atoms with E-state index >= 15 is 0 Å². The SMILES string of the molecule is COc1ccc2c(c1)c(C(=O)C(=O)Nc1ncco1)c(C)n2Cc1ccc(Cl)cc1. The monoisotopic (exact) mass is 423 g/mol. The molecule has 0 saturated carbocycles. The van der Waals surface area contributed by atoms with Crippen molar-refractivity contribution in [1.82, 2.24) is 9.55 Å². The molecule has 30 heavy (non-hydrogen) atoms. The molecule has 2 heterocycles. The fourth-order valence-electron chi connectivity index (χ4n) is 3.40. The third-order valence-electron chi connectivity index (χ3n) is 4.87. The number of aromatic nitrogens is 2. The number of Topliss-reactive ketones (excluding diaryl/α,β-unsaturated/α-hetero) is 1. The number of nitrogens with zero attached hydrogens (tertiary/aromatic N) is 2. The number of carbonyl (C=O) groups is 2. The summed E-state index contributed by atoms with van der Waals surface area (Å²) in [5, 5.41) is 3.67. The molecule has 0 radical (unpaired) electrons. The lowest BCUT2D eigenvalue weighted by Gasteiger charge is -2.09. The first-order valence-electron chi connectivity index (χ1n) is 9.14. The molecule has 1 N–H and O–H groups in total. The predicted molar refractivity (Wildman–Crippen MR) is 113 cm³/mol. The Morgan fingerprint density at radius 2 is 1.97 bits per heavy atom. The lowest BCUT2D eigenvalue weighted by atomic mass is 10.1. The average molecular weight is 424 g/mol. The van der Waals surface area contributed by atoms with Gasteiger partial charge in [0.1, 0.15) is 12.0 Å². The number of amides is 1. The molecule has 0 spiro atoms. The standard InChI is InChI=1S/C22H18ClN3O4/c1-13-19(20(27)21(28)25-22-24-9-10-30-22)17-11-16(29-2)7-8-18(17)26(13)12-14-3-5-15(23)6-4-14/h3-11H,12H2,1-2H3,(H,24,25,28). The van der Waals surface area contributed by atoms with Crippen molar-refractivity contribution >= 4 is 40.2 Å². The summed E-state index contributed by atoms with van der Waals surface area (Å²) in [5.74, 6) is -0.916. The number of hydrogen-bond donors (Lipinski definition) is 1. The Morgan fingerprint density at radius 3 is 2.63 bits per heavy atom. The highest BCUT2D eigenvalue weighted by Gasteiger charge is 2.26. The molecular weight excluding hydrogens is 406 g/mol. The van der Waals surface area contributed by atoms with Crippen molar-refractivity contribution in [2.75, 3.05) is 12.4 Å². The van der Waals surface area contributed by atoms with Crippen LogP contribution >= 0.6 is 11.6 Å². The molecule has 0 saturated heterocycles. The fraction of sp³-hybridized carbons (Fsp3) is 0.136. The van der Waals surface area contributed by atoms with Gasteiger partial charge in [0.05, 0.1) is 18.9 Å². The highest BCUT2D eigenvalue weighted by Crippen LogP contribution is 2.31. The number of halogens is 1. The first-order chi connectivity index (χ1) is 14.5. The van der Waals surface area contributed by atoms with Gasteiger partial charge in [0.25, 0.3) is 11.7 Å². The maximum atomic E-state index is 13.1. The smallest absolute Gasteiger partial charge is 0.301 e. The molecular formula is C22H18ClN3O4.